The van der Waals surface area contributed by atoms with Crippen LogP contribution in [0.2, 0.25) is 0 Å². The smallest absolute Gasteiger partial charge is 0.326 e. The number of hydrogen-bond acceptors (Lipinski definition) is 4. The molecule has 0 saturated carbocycles. The van der Waals surface area contributed by atoms with E-state index in [1.807, 2.05) is 6.92 Å². The zero-order valence-electron chi connectivity index (χ0n) is 11.7. The maximum atomic E-state index is 12.4. The Morgan fingerprint density at radius 2 is 2.05 bits per heavy atom. The molecule has 3 N–H and O–H groups in total. The molecule has 0 aromatic carbocycles. The lowest BCUT2D eigenvalue weighted by atomic mass is 9.78. The maximum Gasteiger partial charge on any atom is 0.326 e. The fraction of sp³-hybridized carbons (Fsp3) is 0.846. The molecule has 1 heterocycles. The molecule has 0 spiro atoms. The molecular formula is C13H24N2O4. The lowest BCUT2D eigenvalue weighted by Crippen LogP contribution is -2.53. The van der Waals surface area contributed by atoms with E-state index in [-0.39, 0.29) is 5.91 Å². The minimum absolute atomic E-state index is 0.197. The molecule has 1 aliphatic rings. The lowest BCUT2D eigenvalue weighted by Gasteiger charge is -2.36. The number of carbonyl (C=O) groups excluding carboxylic acids is 1. The van der Waals surface area contributed by atoms with Crippen LogP contribution in [0.1, 0.15) is 32.6 Å². The van der Waals surface area contributed by atoms with E-state index in [4.69, 9.17) is 9.84 Å². The number of hydrogen-bond donors (Lipinski definition) is 3. The molecule has 1 rings (SSSR count). The Bertz CT molecular complexity index is 308. The van der Waals surface area contributed by atoms with Gasteiger partial charge in [-0.25, -0.2) is 4.79 Å². The Balaban J connectivity index is 2.73. The Morgan fingerprint density at radius 3 is 2.53 bits per heavy atom. The van der Waals surface area contributed by atoms with Crippen LogP contribution in [-0.4, -0.2) is 49.8 Å². The van der Waals surface area contributed by atoms with Gasteiger partial charge < -0.3 is 20.5 Å². The van der Waals surface area contributed by atoms with Crippen molar-refractivity contribution in [2.75, 3.05) is 26.8 Å². The molecule has 1 unspecified atom stereocenters. The second kappa shape index (κ2) is 7.45. The summed E-state index contributed by atoms with van der Waals surface area (Å²) in [6.45, 7) is 3.74. The highest BCUT2D eigenvalue weighted by Crippen LogP contribution is 2.29. The minimum atomic E-state index is -0.975. The van der Waals surface area contributed by atoms with E-state index in [0.29, 0.717) is 25.9 Å². The molecule has 1 aliphatic heterocycles. The first kappa shape index (κ1) is 15.9. The normalized spacial score (nSPS) is 19.7. The summed E-state index contributed by atoms with van der Waals surface area (Å²) >= 11 is 0. The molecule has 6 heteroatoms. The van der Waals surface area contributed by atoms with Crippen LogP contribution in [0.5, 0.6) is 0 Å². The summed E-state index contributed by atoms with van der Waals surface area (Å²) in [5, 5.41) is 15.0. The first-order chi connectivity index (χ1) is 9.05. The number of carboxylic acid groups (broad SMARTS) is 1. The second-order valence-corrected chi connectivity index (χ2v) is 5.12. The standard InChI is InChI=1S/C13H24N2O4/c1-3-4-10(11(16)17)15-12(18)13(9-19-2)5-7-14-8-6-13/h10,14H,3-9H2,1-2H3,(H,15,18)(H,16,17). The molecule has 110 valence electrons. The average Bonchev–Trinajstić information content (AvgIpc) is 2.39. The van der Waals surface area contributed by atoms with Crippen molar-refractivity contribution in [3.8, 4) is 0 Å². The van der Waals surface area contributed by atoms with Crippen molar-refractivity contribution in [3.05, 3.63) is 0 Å². The Morgan fingerprint density at radius 1 is 1.42 bits per heavy atom. The Hall–Kier alpha value is -1.14. The molecule has 1 saturated heterocycles. The molecule has 0 bridgehead atoms. The van der Waals surface area contributed by atoms with Crippen LogP contribution < -0.4 is 10.6 Å². The fourth-order valence-electron chi connectivity index (χ4n) is 2.48. The summed E-state index contributed by atoms with van der Waals surface area (Å²) in [7, 11) is 1.57. The van der Waals surface area contributed by atoms with Gasteiger partial charge in [-0.1, -0.05) is 13.3 Å². The van der Waals surface area contributed by atoms with Gasteiger partial charge in [0.25, 0.3) is 0 Å². The predicted molar refractivity (Wildman–Crippen MR) is 70.9 cm³/mol. The predicted octanol–water partition coefficient (Wildman–Crippen LogP) is 0.372. The molecule has 1 atom stereocenters. The third kappa shape index (κ3) is 4.18. The van der Waals surface area contributed by atoms with E-state index in [1.54, 1.807) is 7.11 Å². The highest BCUT2D eigenvalue weighted by Gasteiger charge is 2.40. The fourth-order valence-corrected chi connectivity index (χ4v) is 2.48. The van der Waals surface area contributed by atoms with Gasteiger partial charge in [0, 0.05) is 7.11 Å². The number of rotatable bonds is 7. The summed E-state index contributed by atoms with van der Waals surface area (Å²) in [6, 6.07) is -0.805. The molecule has 19 heavy (non-hydrogen) atoms. The molecule has 0 aliphatic carbocycles. The number of methoxy groups -OCH3 is 1. The average molecular weight is 272 g/mol. The molecule has 1 amide bonds. The van der Waals surface area contributed by atoms with Gasteiger partial charge in [-0.2, -0.15) is 0 Å². The van der Waals surface area contributed by atoms with Gasteiger partial charge in [0.2, 0.25) is 5.91 Å². The third-order valence-electron chi connectivity index (χ3n) is 3.64. The van der Waals surface area contributed by atoms with Gasteiger partial charge >= 0.3 is 5.97 Å². The van der Waals surface area contributed by atoms with Crippen molar-refractivity contribution in [2.24, 2.45) is 5.41 Å². The number of nitrogens with one attached hydrogen (secondary N) is 2. The maximum absolute atomic E-state index is 12.4. The van der Waals surface area contributed by atoms with Crippen molar-refractivity contribution in [1.82, 2.24) is 10.6 Å². The summed E-state index contributed by atoms with van der Waals surface area (Å²) < 4.78 is 5.17. The van der Waals surface area contributed by atoms with Crippen molar-refractivity contribution >= 4 is 11.9 Å². The molecule has 0 radical (unpaired) electrons. The van der Waals surface area contributed by atoms with Crippen LogP contribution in [-0.2, 0) is 14.3 Å². The number of ether oxygens (including phenoxy) is 1. The van der Waals surface area contributed by atoms with Crippen LogP contribution >= 0.6 is 0 Å². The van der Waals surface area contributed by atoms with Crippen molar-refractivity contribution < 1.29 is 19.4 Å². The molecule has 0 aromatic rings. The minimum Gasteiger partial charge on any atom is -0.480 e. The van der Waals surface area contributed by atoms with Gasteiger partial charge in [0.1, 0.15) is 6.04 Å². The summed E-state index contributed by atoms with van der Waals surface area (Å²) in [5.41, 5.74) is -0.596. The van der Waals surface area contributed by atoms with Gasteiger partial charge in [-0.15, -0.1) is 0 Å². The Kier molecular flexibility index (Phi) is 6.24. The Labute approximate surface area is 113 Å². The highest BCUT2D eigenvalue weighted by atomic mass is 16.5. The van der Waals surface area contributed by atoms with Crippen LogP contribution in [0, 0.1) is 5.41 Å². The van der Waals surface area contributed by atoms with Crippen molar-refractivity contribution in [3.63, 3.8) is 0 Å². The van der Waals surface area contributed by atoms with E-state index < -0.39 is 17.4 Å². The lowest BCUT2D eigenvalue weighted by molar-refractivity contribution is -0.146. The largest absolute Gasteiger partial charge is 0.480 e. The summed E-state index contributed by atoms with van der Waals surface area (Å²) in [4.78, 5) is 23.5. The molecule has 0 aromatic heterocycles. The SMILES string of the molecule is CCCC(NC(=O)C1(COC)CCNCC1)C(=O)O. The van der Waals surface area contributed by atoms with Crippen LogP contribution in [0.25, 0.3) is 0 Å². The van der Waals surface area contributed by atoms with E-state index in [0.717, 1.165) is 19.5 Å². The second-order valence-electron chi connectivity index (χ2n) is 5.12. The van der Waals surface area contributed by atoms with E-state index in [9.17, 15) is 9.59 Å². The van der Waals surface area contributed by atoms with E-state index in [1.165, 1.54) is 0 Å². The van der Waals surface area contributed by atoms with Crippen molar-refractivity contribution in [1.29, 1.82) is 0 Å². The monoisotopic (exact) mass is 272 g/mol. The van der Waals surface area contributed by atoms with Crippen LogP contribution in [0.4, 0.5) is 0 Å². The van der Waals surface area contributed by atoms with Crippen LogP contribution in [0.15, 0.2) is 0 Å². The number of carbonyl (C=O) groups is 2. The number of amides is 1. The molecular weight excluding hydrogens is 248 g/mol. The zero-order valence-corrected chi connectivity index (χ0v) is 11.7. The molecule has 1 fully saturated rings. The first-order valence-electron chi connectivity index (χ1n) is 6.79. The highest BCUT2D eigenvalue weighted by molar-refractivity contribution is 5.87. The summed E-state index contributed by atoms with van der Waals surface area (Å²) in [5.74, 6) is -1.17. The van der Waals surface area contributed by atoms with Gasteiger partial charge in [-0.05, 0) is 32.4 Å². The topological polar surface area (TPSA) is 87.7 Å². The zero-order chi connectivity index (χ0) is 14.3. The third-order valence-corrected chi connectivity index (χ3v) is 3.64. The van der Waals surface area contributed by atoms with E-state index in [2.05, 4.69) is 10.6 Å². The number of carboxylic acids is 1. The number of piperidine rings is 1. The van der Waals surface area contributed by atoms with Crippen LogP contribution in [0.3, 0.4) is 0 Å². The van der Waals surface area contributed by atoms with Gasteiger partial charge in [0.15, 0.2) is 0 Å². The summed E-state index contributed by atoms with van der Waals surface area (Å²) in [6.07, 6.45) is 2.51. The van der Waals surface area contributed by atoms with Gasteiger partial charge in [0.05, 0.1) is 12.0 Å². The van der Waals surface area contributed by atoms with Gasteiger partial charge in [-0.3, -0.25) is 4.79 Å². The quantitative estimate of drug-likeness (QED) is 0.623. The first-order valence-corrected chi connectivity index (χ1v) is 6.79. The number of aliphatic carboxylic acids is 1. The van der Waals surface area contributed by atoms with Crippen molar-refractivity contribution in [2.45, 2.75) is 38.6 Å². The molecule has 6 nitrogen and oxygen atoms in total. The van der Waals surface area contributed by atoms with E-state index >= 15 is 0 Å².